The van der Waals surface area contributed by atoms with Crippen LogP contribution in [-0.4, -0.2) is 36.2 Å². The second-order valence-corrected chi connectivity index (χ2v) is 10.3. The molecule has 0 radical (unpaired) electrons. The Morgan fingerprint density at radius 2 is 1.94 bits per heavy atom. The lowest BCUT2D eigenvalue weighted by Gasteiger charge is -2.36. The highest BCUT2D eigenvalue weighted by Gasteiger charge is 2.48. The summed E-state index contributed by atoms with van der Waals surface area (Å²) >= 11 is 3.96. The van der Waals surface area contributed by atoms with Crippen LogP contribution in [-0.2, 0) is 14.3 Å². The predicted octanol–water partition coefficient (Wildman–Crippen LogP) is 5.12. The summed E-state index contributed by atoms with van der Waals surface area (Å²) in [5.74, 6) is -1.30. The number of nitrogens with zero attached hydrogens (tertiary/aromatic N) is 1. The highest BCUT2D eigenvalue weighted by Crippen LogP contribution is 2.46. The smallest absolute Gasteiger partial charge is 0.341 e. The zero-order chi connectivity index (χ0) is 22.2. The number of amides is 2. The first-order chi connectivity index (χ1) is 14.9. The lowest BCUT2D eigenvalue weighted by molar-refractivity contribution is -0.128. The molecule has 1 aliphatic rings. The Bertz CT molecular complexity index is 1160. The number of carbonyl (C=O) groups is 3. The number of esters is 1. The molecular formula is C22H20N2O4S3. The summed E-state index contributed by atoms with van der Waals surface area (Å²) in [4.78, 5) is 42.4. The van der Waals surface area contributed by atoms with Gasteiger partial charge in [-0.05, 0) is 37.4 Å². The fraction of sp³-hybridized carbons (Fsp3) is 0.227. The van der Waals surface area contributed by atoms with Crippen LogP contribution in [0.4, 0.5) is 10.7 Å². The monoisotopic (exact) mass is 472 g/mol. The van der Waals surface area contributed by atoms with E-state index in [1.54, 1.807) is 20.9 Å². The van der Waals surface area contributed by atoms with Crippen LogP contribution in [0, 0.1) is 0 Å². The molecule has 1 aromatic carbocycles. The predicted molar refractivity (Wildman–Crippen MR) is 126 cm³/mol. The standard InChI is InChI=1S/C22H20N2O4S3/c1-4-28-19(25)17-13(15-10-7-11-29-15)12-30-18(17)23-20(26)22(2)21(27)24(3)14-8-5-6-9-16(14)31-22/h5-12H,4H2,1-3H3,(H,23,26). The van der Waals surface area contributed by atoms with Crippen molar-refractivity contribution in [3.8, 4) is 10.4 Å². The SMILES string of the molecule is CCOC(=O)c1c(-c2cccs2)csc1NC(=O)C1(C)Sc2ccccc2N(C)C1=O. The second kappa shape index (κ2) is 8.49. The number of fused-ring (bicyclic) bond motifs is 1. The third-order valence-electron chi connectivity index (χ3n) is 4.97. The quantitative estimate of drug-likeness (QED) is 0.412. The van der Waals surface area contributed by atoms with E-state index in [2.05, 4.69) is 5.32 Å². The highest BCUT2D eigenvalue weighted by molar-refractivity contribution is 8.02. The van der Waals surface area contributed by atoms with Crippen molar-refractivity contribution in [3.05, 3.63) is 52.7 Å². The van der Waals surface area contributed by atoms with Crippen LogP contribution in [0.5, 0.6) is 0 Å². The van der Waals surface area contributed by atoms with Crippen molar-refractivity contribution >= 4 is 62.9 Å². The van der Waals surface area contributed by atoms with Gasteiger partial charge in [-0.3, -0.25) is 9.59 Å². The van der Waals surface area contributed by atoms with Crippen LogP contribution in [0.2, 0.25) is 0 Å². The fourth-order valence-corrected chi connectivity index (χ4v) is 6.38. The van der Waals surface area contributed by atoms with Crippen LogP contribution in [0.15, 0.2) is 52.1 Å². The number of hydrogen-bond donors (Lipinski definition) is 1. The van der Waals surface area contributed by atoms with E-state index in [-0.39, 0.29) is 12.5 Å². The first-order valence-electron chi connectivity index (χ1n) is 9.57. The van der Waals surface area contributed by atoms with Crippen molar-refractivity contribution in [2.75, 3.05) is 23.9 Å². The van der Waals surface area contributed by atoms with Gasteiger partial charge >= 0.3 is 5.97 Å². The summed E-state index contributed by atoms with van der Waals surface area (Å²) in [5, 5.41) is 6.97. The molecule has 9 heteroatoms. The number of para-hydroxylation sites is 1. The van der Waals surface area contributed by atoms with Gasteiger partial charge < -0.3 is 15.0 Å². The van der Waals surface area contributed by atoms with Gasteiger partial charge in [-0.1, -0.05) is 30.0 Å². The van der Waals surface area contributed by atoms with Crippen LogP contribution in [0.3, 0.4) is 0 Å². The molecule has 3 aromatic rings. The minimum atomic E-state index is -1.37. The maximum absolute atomic E-state index is 13.4. The number of thioether (sulfide) groups is 1. The average molecular weight is 473 g/mol. The van der Waals surface area contributed by atoms with E-state index in [1.165, 1.54) is 39.3 Å². The molecule has 0 fully saturated rings. The molecule has 1 N–H and O–H groups in total. The second-order valence-electron chi connectivity index (χ2n) is 6.97. The van der Waals surface area contributed by atoms with E-state index in [0.29, 0.717) is 16.1 Å². The van der Waals surface area contributed by atoms with Crippen LogP contribution >= 0.6 is 34.4 Å². The van der Waals surface area contributed by atoms with Crippen LogP contribution < -0.4 is 10.2 Å². The summed E-state index contributed by atoms with van der Waals surface area (Å²) in [6.45, 7) is 3.57. The zero-order valence-corrected chi connectivity index (χ0v) is 19.6. The summed E-state index contributed by atoms with van der Waals surface area (Å²) in [5.41, 5.74) is 1.79. The maximum atomic E-state index is 13.4. The average Bonchev–Trinajstić information content (AvgIpc) is 3.42. The van der Waals surface area contributed by atoms with E-state index < -0.39 is 16.6 Å². The molecule has 1 atom stereocenters. The summed E-state index contributed by atoms with van der Waals surface area (Å²) in [6, 6.07) is 11.3. The molecule has 3 heterocycles. The van der Waals surface area contributed by atoms with Crippen molar-refractivity contribution in [2.24, 2.45) is 0 Å². The third kappa shape index (κ3) is 3.77. The number of hydrogen-bond acceptors (Lipinski definition) is 7. The van der Waals surface area contributed by atoms with E-state index in [1.807, 2.05) is 47.2 Å². The van der Waals surface area contributed by atoms with Gasteiger partial charge in [0.15, 0.2) is 4.75 Å². The molecule has 31 heavy (non-hydrogen) atoms. The number of anilines is 2. The molecule has 6 nitrogen and oxygen atoms in total. The first kappa shape index (κ1) is 21.6. The highest BCUT2D eigenvalue weighted by atomic mass is 32.2. The van der Waals surface area contributed by atoms with Crippen molar-refractivity contribution < 1.29 is 19.1 Å². The number of ether oxygens (including phenoxy) is 1. The van der Waals surface area contributed by atoms with E-state index in [0.717, 1.165) is 15.5 Å². The Hall–Kier alpha value is -2.62. The van der Waals surface area contributed by atoms with E-state index >= 15 is 0 Å². The van der Waals surface area contributed by atoms with Gasteiger partial charge in [0.25, 0.3) is 11.8 Å². The number of rotatable bonds is 5. The van der Waals surface area contributed by atoms with Crippen molar-refractivity contribution in [1.82, 2.24) is 0 Å². The molecule has 160 valence electrons. The summed E-state index contributed by atoms with van der Waals surface area (Å²) in [7, 11) is 1.66. The first-order valence-corrected chi connectivity index (χ1v) is 12.1. The molecule has 2 amide bonds. The number of nitrogens with one attached hydrogen (secondary N) is 1. The van der Waals surface area contributed by atoms with Gasteiger partial charge in [-0.15, -0.1) is 22.7 Å². The van der Waals surface area contributed by atoms with E-state index in [9.17, 15) is 14.4 Å². The van der Waals surface area contributed by atoms with Crippen molar-refractivity contribution in [2.45, 2.75) is 23.5 Å². The van der Waals surface area contributed by atoms with Gasteiger partial charge in [0, 0.05) is 27.8 Å². The normalized spacial score (nSPS) is 17.9. The van der Waals surface area contributed by atoms with Crippen molar-refractivity contribution in [3.63, 3.8) is 0 Å². The number of benzene rings is 1. The molecule has 0 spiro atoms. The number of carbonyl (C=O) groups excluding carboxylic acids is 3. The molecule has 0 saturated heterocycles. The molecule has 0 saturated carbocycles. The van der Waals surface area contributed by atoms with Gasteiger partial charge in [-0.2, -0.15) is 0 Å². The molecule has 1 aliphatic heterocycles. The van der Waals surface area contributed by atoms with Crippen LogP contribution in [0.25, 0.3) is 10.4 Å². The zero-order valence-electron chi connectivity index (χ0n) is 17.1. The molecule has 2 aromatic heterocycles. The Balaban J connectivity index is 1.69. The lowest BCUT2D eigenvalue weighted by Crippen LogP contribution is -2.53. The Labute approximate surface area is 192 Å². The summed E-state index contributed by atoms with van der Waals surface area (Å²) < 4.78 is 3.87. The third-order valence-corrected chi connectivity index (χ3v) is 8.10. The van der Waals surface area contributed by atoms with Crippen LogP contribution in [0.1, 0.15) is 24.2 Å². The fourth-order valence-electron chi connectivity index (χ4n) is 3.35. The molecule has 4 rings (SSSR count). The van der Waals surface area contributed by atoms with Gasteiger partial charge in [-0.25, -0.2) is 4.79 Å². The lowest BCUT2D eigenvalue weighted by atomic mass is 10.1. The topological polar surface area (TPSA) is 75.7 Å². The molecular weight excluding hydrogens is 452 g/mol. The summed E-state index contributed by atoms with van der Waals surface area (Å²) in [6.07, 6.45) is 0. The van der Waals surface area contributed by atoms with E-state index in [4.69, 9.17) is 4.74 Å². The molecule has 1 unspecified atom stereocenters. The van der Waals surface area contributed by atoms with Gasteiger partial charge in [0.2, 0.25) is 0 Å². The molecule has 0 bridgehead atoms. The molecule has 0 aliphatic carbocycles. The maximum Gasteiger partial charge on any atom is 0.341 e. The van der Waals surface area contributed by atoms with Gasteiger partial charge in [0.05, 0.1) is 12.3 Å². The van der Waals surface area contributed by atoms with Gasteiger partial charge in [0.1, 0.15) is 10.6 Å². The van der Waals surface area contributed by atoms with Crippen molar-refractivity contribution in [1.29, 1.82) is 0 Å². The minimum Gasteiger partial charge on any atom is -0.462 e. The minimum absolute atomic E-state index is 0.222. The Kier molecular flexibility index (Phi) is 5.92. The number of thiophene rings is 2. The largest absolute Gasteiger partial charge is 0.462 e. The Morgan fingerprint density at radius 1 is 1.16 bits per heavy atom. The Morgan fingerprint density at radius 3 is 2.65 bits per heavy atom.